The molecular weight excluding hydrogens is 192 g/mol. The monoisotopic (exact) mass is 214 g/mol. The zero-order valence-corrected chi connectivity index (χ0v) is 10.2. The molecule has 0 atom stereocenters. The van der Waals surface area contributed by atoms with Crippen molar-refractivity contribution >= 4 is 0 Å². The average Bonchev–Trinajstić information content (AvgIpc) is 2.39. The molecule has 2 aliphatic carbocycles. The van der Waals surface area contributed by atoms with Crippen molar-refractivity contribution in [2.24, 2.45) is 0 Å². The lowest BCUT2D eigenvalue weighted by Crippen LogP contribution is -2.11. The third-order valence-corrected chi connectivity index (χ3v) is 4.48. The molecule has 0 bridgehead atoms. The van der Waals surface area contributed by atoms with Gasteiger partial charge in [-0.1, -0.05) is 37.5 Å². The molecule has 1 aromatic carbocycles. The Morgan fingerprint density at radius 3 is 2.50 bits per heavy atom. The van der Waals surface area contributed by atoms with E-state index in [1.54, 1.807) is 16.7 Å². The van der Waals surface area contributed by atoms with E-state index in [0.29, 0.717) is 0 Å². The minimum Gasteiger partial charge on any atom is -0.0617 e. The van der Waals surface area contributed by atoms with Gasteiger partial charge in [0.05, 0.1) is 0 Å². The summed E-state index contributed by atoms with van der Waals surface area (Å²) >= 11 is 0. The Morgan fingerprint density at radius 2 is 1.62 bits per heavy atom. The normalized spacial score (nSPS) is 21.8. The van der Waals surface area contributed by atoms with Gasteiger partial charge >= 0.3 is 0 Å². The topological polar surface area (TPSA) is 0 Å². The van der Waals surface area contributed by atoms with Crippen LogP contribution in [0, 0.1) is 0 Å². The summed E-state index contributed by atoms with van der Waals surface area (Å²) in [5.74, 6) is 0.891. The third-order valence-electron chi connectivity index (χ3n) is 4.48. The minimum absolute atomic E-state index is 0.891. The number of benzene rings is 1. The van der Waals surface area contributed by atoms with Crippen LogP contribution in [0.1, 0.15) is 67.6 Å². The number of aryl methyl sites for hydroxylation is 1. The van der Waals surface area contributed by atoms with Crippen LogP contribution in [0.5, 0.6) is 0 Å². The van der Waals surface area contributed by atoms with Gasteiger partial charge in [-0.2, -0.15) is 0 Å². The predicted molar refractivity (Wildman–Crippen MR) is 68.9 cm³/mol. The predicted octanol–water partition coefficient (Wildman–Crippen LogP) is 4.61. The molecule has 0 spiro atoms. The van der Waals surface area contributed by atoms with Crippen LogP contribution in [0.3, 0.4) is 0 Å². The van der Waals surface area contributed by atoms with Crippen LogP contribution in [0.25, 0.3) is 0 Å². The van der Waals surface area contributed by atoms with Gasteiger partial charge in [-0.25, -0.2) is 0 Å². The van der Waals surface area contributed by atoms with Crippen LogP contribution in [0.2, 0.25) is 0 Å². The summed E-state index contributed by atoms with van der Waals surface area (Å²) in [5.41, 5.74) is 5.12. The van der Waals surface area contributed by atoms with Crippen LogP contribution >= 0.6 is 0 Å². The summed E-state index contributed by atoms with van der Waals surface area (Å²) in [6.07, 6.45) is 12.7. The summed E-state index contributed by atoms with van der Waals surface area (Å²) in [4.78, 5) is 0. The second-order valence-corrected chi connectivity index (χ2v) is 5.53. The molecule has 0 unspecified atom stereocenters. The fourth-order valence-corrected chi connectivity index (χ4v) is 3.61. The lowest BCUT2D eigenvalue weighted by atomic mass is 9.78. The zero-order valence-electron chi connectivity index (χ0n) is 10.2. The Morgan fingerprint density at radius 1 is 0.812 bits per heavy atom. The summed E-state index contributed by atoms with van der Waals surface area (Å²) in [6, 6.07) is 7.08. The van der Waals surface area contributed by atoms with Gasteiger partial charge in [0.15, 0.2) is 0 Å². The zero-order chi connectivity index (χ0) is 10.8. The SMILES string of the molecule is c1cc2c(c(C3CCCCC3)c1)CCCC2. The molecular formula is C16H22. The van der Waals surface area contributed by atoms with Crippen molar-refractivity contribution in [3.05, 3.63) is 34.9 Å². The van der Waals surface area contributed by atoms with E-state index in [1.165, 1.54) is 57.8 Å². The van der Waals surface area contributed by atoms with Crippen LogP contribution in [-0.2, 0) is 12.8 Å². The molecule has 1 fully saturated rings. The molecule has 1 saturated carbocycles. The first-order valence-corrected chi connectivity index (χ1v) is 7.06. The molecule has 86 valence electrons. The lowest BCUT2D eigenvalue weighted by molar-refractivity contribution is 0.440. The van der Waals surface area contributed by atoms with E-state index in [2.05, 4.69) is 18.2 Å². The van der Waals surface area contributed by atoms with E-state index < -0.39 is 0 Å². The second kappa shape index (κ2) is 4.61. The van der Waals surface area contributed by atoms with Crippen molar-refractivity contribution in [3.8, 4) is 0 Å². The van der Waals surface area contributed by atoms with Gasteiger partial charge in [0, 0.05) is 0 Å². The molecule has 3 rings (SSSR count). The molecule has 16 heavy (non-hydrogen) atoms. The highest BCUT2D eigenvalue weighted by Crippen LogP contribution is 2.37. The summed E-state index contributed by atoms with van der Waals surface area (Å²) in [7, 11) is 0. The maximum absolute atomic E-state index is 2.42. The molecule has 0 aromatic heterocycles. The Kier molecular flexibility index (Phi) is 2.99. The summed E-state index contributed by atoms with van der Waals surface area (Å²) in [5, 5.41) is 0. The molecule has 0 saturated heterocycles. The van der Waals surface area contributed by atoms with Gasteiger partial charge in [-0.15, -0.1) is 0 Å². The van der Waals surface area contributed by atoms with Gasteiger partial charge in [-0.05, 0) is 61.1 Å². The fraction of sp³-hybridized carbons (Fsp3) is 0.625. The molecule has 2 aliphatic rings. The van der Waals surface area contributed by atoms with E-state index in [1.807, 2.05) is 0 Å². The van der Waals surface area contributed by atoms with Crippen LogP contribution in [0.4, 0.5) is 0 Å². The van der Waals surface area contributed by atoms with Gasteiger partial charge < -0.3 is 0 Å². The van der Waals surface area contributed by atoms with Gasteiger partial charge in [0.2, 0.25) is 0 Å². The van der Waals surface area contributed by atoms with Crippen LogP contribution in [0.15, 0.2) is 18.2 Å². The Bertz CT molecular complexity index is 358. The Labute approximate surface area is 99.1 Å². The van der Waals surface area contributed by atoms with E-state index in [9.17, 15) is 0 Å². The summed E-state index contributed by atoms with van der Waals surface area (Å²) < 4.78 is 0. The van der Waals surface area contributed by atoms with Gasteiger partial charge in [-0.3, -0.25) is 0 Å². The average molecular weight is 214 g/mol. The largest absolute Gasteiger partial charge is 0.0617 e. The van der Waals surface area contributed by atoms with E-state index in [0.717, 1.165) is 5.92 Å². The molecule has 0 amide bonds. The van der Waals surface area contributed by atoms with Crippen molar-refractivity contribution in [1.29, 1.82) is 0 Å². The number of hydrogen-bond acceptors (Lipinski definition) is 0. The highest BCUT2D eigenvalue weighted by Gasteiger charge is 2.20. The van der Waals surface area contributed by atoms with Crippen molar-refractivity contribution in [2.75, 3.05) is 0 Å². The van der Waals surface area contributed by atoms with Crippen LogP contribution in [-0.4, -0.2) is 0 Å². The molecule has 0 radical (unpaired) electrons. The number of rotatable bonds is 1. The van der Waals surface area contributed by atoms with E-state index >= 15 is 0 Å². The first-order chi connectivity index (χ1) is 7.95. The highest BCUT2D eigenvalue weighted by molar-refractivity contribution is 5.39. The molecule has 1 aromatic rings. The van der Waals surface area contributed by atoms with Crippen molar-refractivity contribution in [3.63, 3.8) is 0 Å². The Balaban J connectivity index is 1.93. The second-order valence-electron chi connectivity index (χ2n) is 5.53. The lowest BCUT2D eigenvalue weighted by Gasteiger charge is -2.27. The molecule has 0 nitrogen and oxygen atoms in total. The van der Waals surface area contributed by atoms with E-state index in [4.69, 9.17) is 0 Å². The van der Waals surface area contributed by atoms with Gasteiger partial charge in [0.25, 0.3) is 0 Å². The minimum atomic E-state index is 0.891. The standard InChI is InChI=1S/C16H22/c1-2-7-13(8-3-1)16-12-6-10-14-9-4-5-11-15(14)16/h6,10,12-13H,1-5,7-9,11H2. The van der Waals surface area contributed by atoms with Crippen LogP contribution < -0.4 is 0 Å². The maximum Gasteiger partial charge on any atom is -0.0159 e. The Hall–Kier alpha value is -0.780. The summed E-state index contributed by atoms with van der Waals surface area (Å²) in [6.45, 7) is 0. The highest BCUT2D eigenvalue weighted by atomic mass is 14.3. The van der Waals surface area contributed by atoms with Crippen molar-refractivity contribution in [2.45, 2.75) is 63.7 Å². The molecule has 0 heteroatoms. The third kappa shape index (κ3) is 1.90. The number of fused-ring (bicyclic) bond motifs is 1. The van der Waals surface area contributed by atoms with Crippen molar-refractivity contribution in [1.82, 2.24) is 0 Å². The molecule has 0 N–H and O–H groups in total. The quantitative estimate of drug-likeness (QED) is 0.640. The van der Waals surface area contributed by atoms with E-state index in [-0.39, 0.29) is 0 Å². The maximum atomic E-state index is 2.42. The number of hydrogen-bond donors (Lipinski definition) is 0. The first kappa shape index (κ1) is 10.4. The van der Waals surface area contributed by atoms with Crippen molar-refractivity contribution < 1.29 is 0 Å². The molecule has 0 heterocycles. The molecule has 0 aliphatic heterocycles. The smallest absolute Gasteiger partial charge is 0.0159 e. The van der Waals surface area contributed by atoms with Gasteiger partial charge in [0.1, 0.15) is 0 Å². The first-order valence-electron chi connectivity index (χ1n) is 7.06. The fourth-order valence-electron chi connectivity index (χ4n) is 3.61.